The van der Waals surface area contributed by atoms with Crippen molar-refractivity contribution in [3.8, 4) is 5.75 Å². The normalized spacial score (nSPS) is 10.6. The van der Waals surface area contributed by atoms with Gasteiger partial charge in [-0.25, -0.2) is 6.58 Å². The summed E-state index contributed by atoms with van der Waals surface area (Å²) in [5.74, 6) is 2.54. The Bertz CT molecular complexity index is 3220. The van der Waals surface area contributed by atoms with Gasteiger partial charge in [0, 0.05) is 11.6 Å². The minimum absolute atomic E-state index is 0. The molecule has 1 heterocycles. The monoisotopic (exact) mass is 1260 g/mol. The van der Waals surface area contributed by atoms with Crippen molar-refractivity contribution in [2.24, 2.45) is 0 Å². The number of hydrogen-bond acceptors (Lipinski definition) is 2. The first kappa shape index (κ1) is 56.9. The average Bonchev–Trinajstić information content (AvgIpc) is 3.51. The van der Waals surface area contributed by atoms with Crippen LogP contribution in [0.4, 0.5) is 0 Å². The molecule has 1 N–H and O–H groups in total. The van der Waals surface area contributed by atoms with Gasteiger partial charge in [-0.1, -0.05) is 224 Å². The van der Waals surface area contributed by atoms with Crippen LogP contribution in [0.3, 0.4) is 0 Å². The molecule has 2 nitrogen and oxygen atoms in total. The molecule has 0 bridgehead atoms. The standard InChI is InChI=1S/C41H33P2.C18H15P.C9H7NO.2ClH.Os/c1-35(43(39-28-14-5-15-29-39,40-30-16-6-17-31-40)41-32-18-7-19-33-41)21-20-34-42(36-22-8-2-9-23-36,37-24-10-3-11-25-37)38-26-12-4-13-27-38;1-4-10-16(11-5-1)19(17-12-6-2-7-13-17)18-14-8-3-9-15-18;11-8-5-1-3-7-4-2-6-10-9(7)8;;;/h1-19,21-34H;1-15H;1-6,11H;2*1H;/q+1;;;;;+1/p-2. The zero-order valence-electron chi connectivity index (χ0n) is 41.5. The van der Waals surface area contributed by atoms with Gasteiger partial charge in [0.05, 0.1) is 5.82 Å². The molecule has 0 radical (unpaired) electrons. The molecule has 1 aromatic heterocycles. The van der Waals surface area contributed by atoms with Crippen molar-refractivity contribution in [1.82, 2.24) is 4.98 Å². The summed E-state index contributed by atoms with van der Waals surface area (Å²) in [6, 6.07) is 106. The smallest absolute Gasteiger partial charge is 0.0134 e. The molecule has 0 unspecified atom stereocenters. The van der Waals surface area contributed by atoms with E-state index in [-0.39, 0.29) is 18.2 Å². The van der Waals surface area contributed by atoms with Crippen molar-refractivity contribution in [1.29, 1.82) is 0 Å². The van der Waals surface area contributed by atoms with Crippen LogP contribution in [0.1, 0.15) is 0 Å². The van der Waals surface area contributed by atoms with Gasteiger partial charge in [-0.3, -0.25) is 4.98 Å². The summed E-state index contributed by atoms with van der Waals surface area (Å²) < 4.78 is 0. The van der Waals surface area contributed by atoms with E-state index in [2.05, 4.69) is 299 Å². The summed E-state index contributed by atoms with van der Waals surface area (Å²) in [7, 11) is -0.354. The molecule has 0 aliphatic heterocycles. The Morgan fingerprint density at radius 2 is 0.724 bits per heavy atom. The summed E-state index contributed by atoms with van der Waals surface area (Å²) in [5.41, 5.74) is 4.36. The molecule has 0 spiro atoms. The van der Waals surface area contributed by atoms with E-state index in [0.29, 0.717) is 5.52 Å². The molecule has 10 aromatic carbocycles. The van der Waals surface area contributed by atoms with Crippen LogP contribution < -0.4 is 60.1 Å². The minimum Gasteiger partial charge on any atom is -0.0622 e. The molecule has 11 aromatic rings. The summed E-state index contributed by atoms with van der Waals surface area (Å²) >= 11 is 1.33. The first-order chi connectivity index (χ1) is 37.1. The zero-order valence-corrected chi connectivity index (χ0v) is 48.3. The third-order valence-corrected chi connectivity index (χ3v) is 22.9. The number of para-hydroxylation sites is 1. The van der Waals surface area contributed by atoms with Gasteiger partial charge in [-0.05, 0) is 109 Å². The molecule has 0 fully saturated rings. The predicted octanol–water partition coefficient (Wildman–Crippen LogP) is 11.0. The fraction of sp³-hybridized carbons (Fsp3) is 0. The second kappa shape index (κ2) is 29.5. The van der Waals surface area contributed by atoms with E-state index in [1.54, 1.807) is 18.3 Å². The van der Waals surface area contributed by atoms with Crippen LogP contribution in [0, 0.1) is 6.58 Å². The number of allylic oxidation sites excluding steroid dienone is 2. The molecule has 0 saturated heterocycles. The number of hydrogen-bond donors (Lipinski definition) is 1. The van der Waals surface area contributed by atoms with Gasteiger partial charge in [0.25, 0.3) is 0 Å². The minimum atomic E-state index is -2.37. The Kier molecular flexibility index (Phi) is 22.1. The average molecular weight is 1260 g/mol. The van der Waals surface area contributed by atoms with Crippen LogP contribution in [-0.2, 0) is 17.6 Å². The number of benzene rings is 10. The van der Waals surface area contributed by atoms with Crippen LogP contribution >= 0.6 is 32.1 Å². The first-order valence-corrected chi connectivity index (χ1v) is 32.5. The molecule has 0 saturated carbocycles. The van der Waals surface area contributed by atoms with Crippen LogP contribution in [0.5, 0.6) is 5.75 Å². The number of rotatable bonds is 12. The largest absolute Gasteiger partial charge is 0.0622 e. The first-order valence-electron chi connectivity index (χ1n) is 24.4. The molecule has 0 atom stereocenters. The van der Waals surface area contributed by atoms with Crippen LogP contribution in [-0.4, -0.2) is 10.1 Å². The van der Waals surface area contributed by atoms with Crippen molar-refractivity contribution in [2.45, 2.75) is 0 Å². The molecular weight excluding hydrogens is 1200 g/mol. The number of aromatic nitrogens is 1. The molecule has 8 heteroatoms. The van der Waals surface area contributed by atoms with Crippen LogP contribution in [0.15, 0.2) is 332 Å². The van der Waals surface area contributed by atoms with E-state index in [4.69, 9.17) is 6.58 Å². The van der Waals surface area contributed by atoms with Gasteiger partial charge < -0.3 is 17.5 Å². The number of halogens is 2. The molecule has 0 aliphatic rings. The van der Waals surface area contributed by atoms with Crippen LogP contribution in [0.2, 0.25) is 0 Å². The Morgan fingerprint density at radius 3 is 1.05 bits per heavy atom. The summed E-state index contributed by atoms with van der Waals surface area (Å²) in [6.07, 6.45) is 3.71. The van der Waals surface area contributed by atoms with E-state index in [1.807, 2.05) is 24.3 Å². The van der Waals surface area contributed by atoms with Crippen molar-refractivity contribution in [3.05, 3.63) is 339 Å². The number of fused-ring (bicyclic) bond motifs is 1. The maximum atomic E-state index is 9.31. The van der Waals surface area contributed by atoms with Gasteiger partial charge in [0.15, 0.2) is 0 Å². The van der Waals surface area contributed by atoms with Gasteiger partial charge in [0.1, 0.15) is 57.6 Å². The van der Waals surface area contributed by atoms with Gasteiger partial charge >= 0.3 is 27.2 Å². The van der Waals surface area contributed by atoms with Crippen molar-refractivity contribution < 1.29 is 35.1 Å². The predicted molar refractivity (Wildman–Crippen MR) is 325 cm³/mol. The SMILES string of the molecule is Oc1cccc2cccnc12.[CH-]=C(C=C=C[P+](c1ccccc1)(c1ccccc1)c1ccccc1)[P+](c1ccccc1)(c1ccccc1)c1ccccc1.[Cl-].[Cl][Os].c1ccc(P(c2ccccc2)c2ccccc2)cc1. The van der Waals surface area contributed by atoms with E-state index < -0.39 is 22.4 Å². The summed E-state index contributed by atoms with van der Waals surface area (Å²) in [5, 5.41) is 22.8. The Labute approximate surface area is 472 Å². The van der Waals surface area contributed by atoms with Gasteiger partial charge in [-0.15, -0.1) is 6.08 Å². The number of nitrogens with zero attached hydrogens (tertiary/aromatic N) is 1. The van der Waals surface area contributed by atoms with Gasteiger partial charge in [0.2, 0.25) is 0 Å². The fourth-order valence-corrected chi connectivity index (χ4v) is 18.9. The maximum Gasteiger partial charge on any atom is -0.0134 e. The zero-order chi connectivity index (χ0) is 52.0. The van der Waals surface area contributed by atoms with Crippen molar-refractivity contribution >= 4 is 90.7 Å². The molecule has 0 aliphatic carbocycles. The molecule has 375 valence electrons. The maximum absolute atomic E-state index is 9.31. The number of phenolic OH excluding ortho intramolecular Hbond substituents is 1. The van der Waals surface area contributed by atoms with Crippen molar-refractivity contribution in [3.63, 3.8) is 0 Å². The molecule has 0 amide bonds. The number of pyridine rings is 1. The topological polar surface area (TPSA) is 33.1 Å². The van der Waals surface area contributed by atoms with E-state index >= 15 is 0 Å². The molecule has 11 rings (SSSR count). The second-order valence-corrected chi connectivity index (χ2v) is 25.8. The third kappa shape index (κ3) is 13.6. The molecule has 76 heavy (non-hydrogen) atoms. The van der Waals surface area contributed by atoms with E-state index in [0.717, 1.165) is 10.7 Å². The van der Waals surface area contributed by atoms with E-state index in [1.165, 1.54) is 65.3 Å². The van der Waals surface area contributed by atoms with Crippen molar-refractivity contribution in [2.75, 3.05) is 0 Å². The quantitative estimate of drug-likeness (QED) is 0.0572. The Morgan fingerprint density at radius 1 is 0.421 bits per heavy atom. The second-order valence-electron chi connectivity index (χ2n) is 17.0. The van der Waals surface area contributed by atoms with E-state index in [9.17, 15) is 5.11 Å². The fourth-order valence-electron chi connectivity index (χ4n) is 9.11. The Hall–Kier alpha value is -6.82. The summed E-state index contributed by atoms with van der Waals surface area (Å²) in [4.78, 5) is 4.03. The number of aromatic hydroxyl groups is 1. The molecular formula is C68H55Cl2NOOsP3. The third-order valence-electron chi connectivity index (χ3n) is 12.5. The van der Waals surface area contributed by atoms with Crippen LogP contribution in [0.25, 0.3) is 10.9 Å². The summed E-state index contributed by atoms with van der Waals surface area (Å²) in [6.45, 7) is 7.33. The number of phenols is 1. The van der Waals surface area contributed by atoms with Gasteiger partial charge in [-0.2, -0.15) is 5.73 Å². The Balaban J connectivity index is 0.000000207.